The minimum atomic E-state index is 0.373. The Morgan fingerprint density at radius 1 is 1.05 bits per heavy atom. The number of aromatic nitrogens is 3. The van der Waals surface area contributed by atoms with Crippen LogP contribution in [0.2, 0.25) is 0 Å². The first-order valence-electron chi connectivity index (χ1n) is 5.89. The predicted molar refractivity (Wildman–Crippen MR) is 72.0 cm³/mol. The lowest BCUT2D eigenvalue weighted by Crippen LogP contribution is -1.90. The largest absolute Gasteiger partial charge is 0.403 e. The van der Waals surface area contributed by atoms with Crippen LogP contribution in [0.15, 0.2) is 53.2 Å². The van der Waals surface area contributed by atoms with Gasteiger partial charge >= 0.3 is 6.01 Å². The van der Waals surface area contributed by atoms with Crippen LogP contribution >= 0.6 is 0 Å². The fraction of sp³-hybridized carbons (Fsp3) is 0.0714. The zero-order valence-electron chi connectivity index (χ0n) is 10.4. The fourth-order valence-corrected chi connectivity index (χ4v) is 1.73. The van der Waals surface area contributed by atoms with Crippen LogP contribution in [-0.2, 0) is 0 Å². The highest BCUT2D eigenvalue weighted by molar-refractivity contribution is 5.56. The van der Waals surface area contributed by atoms with Crippen LogP contribution in [0, 0.1) is 6.92 Å². The van der Waals surface area contributed by atoms with Crippen LogP contribution in [0.1, 0.15) is 5.56 Å². The third-order valence-corrected chi connectivity index (χ3v) is 2.62. The molecule has 3 aromatic rings. The van der Waals surface area contributed by atoms with Crippen molar-refractivity contribution in [3.8, 4) is 11.5 Å². The van der Waals surface area contributed by atoms with Crippen molar-refractivity contribution in [2.75, 3.05) is 5.32 Å². The summed E-state index contributed by atoms with van der Waals surface area (Å²) in [7, 11) is 0. The summed E-state index contributed by atoms with van der Waals surface area (Å²) >= 11 is 0. The van der Waals surface area contributed by atoms with E-state index in [2.05, 4.69) is 20.5 Å². The maximum atomic E-state index is 5.55. The summed E-state index contributed by atoms with van der Waals surface area (Å²) < 4.78 is 5.55. The first-order valence-corrected chi connectivity index (χ1v) is 5.89. The molecule has 5 nitrogen and oxygen atoms in total. The van der Waals surface area contributed by atoms with E-state index in [1.807, 2.05) is 43.3 Å². The number of hydrogen-bond acceptors (Lipinski definition) is 5. The number of anilines is 2. The van der Waals surface area contributed by atoms with Crippen LogP contribution in [0.3, 0.4) is 0 Å². The molecular formula is C14H12N4O. The number of nitrogens with zero attached hydrogens (tertiary/aromatic N) is 3. The minimum Gasteiger partial charge on any atom is -0.403 e. The van der Waals surface area contributed by atoms with Crippen molar-refractivity contribution in [1.29, 1.82) is 0 Å². The fourth-order valence-electron chi connectivity index (χ4n) is 1.73. The second kappa shape index (κ2) is 4.89. The van der Waals surface area contributed by atoms with Crippen LogP contribution in [-0.4, -0.2) is 15.2 Å². The summed E-state index contributed by atoms with van der Waals surface area (Å²) in [6.07, 6.45) is 3.38. The molecule has 1 aromatic carbocycles. The molecule has 0 fully saturated rings. The van der Waals surface area contributed by atoms with Gasteiger partial charge < -0.3 is 9.73 Å². The van der Waals surface area contributed by atoms with Gasteiger partial charge in [0, 0.05) is 23.6 Å². The summed E-state index contributed by atoms with van der Waals surface area (Å²) in [5.74, 6) is 0.470. The molecule has 0 aliphatic heterocycles. The Morgan fingerprint density at radius 2 is 1.89 bits per heavy atom. The lowest BCUT2D eigenvalue weighted by molar-refractivity contribution is 0.587. The number of hydrogen-bond donors (Lipinski definition) is 1. The topological polar surface area (TPSA) is 63.8 Å². The van der Waals surface area contributed by atoms with Gasteiger partial charge in [0.15, 0.2) is 0 Å². The van der Waals surface area contributed by atoms with Gasteiger partial charge in [0.05, 0.1) is 0 Å². The average molecular weight is 252 g/mol. The van der Waals surface area contributed by atoms with Crippen LogP contribution in [0.4, 0.5) is 11.7 Å². The van der Waals surface area contributed by atoms with Gasteiger partial charge in [-0.25, -0.2) is 0 Å². The molecule has 0 saturated heterocycles. The Balaban J connectivity index is 1.82. The molecule has 0 bridgehead atoms. The van der Waals surface area contributed by atoms with Crippen LogP contribution in [0.5, 0.6) is 0 Å². The molecule has 0 aliphatic carbocycles. The molecule has 2 heterocycles. The number of rotatable bonds is 3. The highest BCUT2D eigenvalue weighted by Gasteiger charge is 2.08. The van der Waals surface area contributed by atoms with Gasteiger partial charge in [0.2, 0.25) is 5.89 Å². The third kappa shape index (κ3) is 2.60. The van der Waals surface area contributed by atoms with Crippen molar-refractivity contribution in [2.24, 2.45) is 0 Å². The van der Waals surface area contributed by atoms with Crippen molar-refractivity contribution < 1.29 is 4.42 Å². The third-order valence-electron chi connectivity index (χ3n) is 2.62. The van der Waals surface area contributed by atoms with Gasteiger partial charge in [0.1, 0.15) is 0 Å². The minimum absolute atomic E-state index is 0.373. The van der Waals surface area contributed by atoms with E-state index in [1.165, 1.54) is 5.56 Å². The Bertz CT molecular complexity index is 679. The lowest BCUT2D eigenvalue weighted by atomic mass is 10.2. The molecule has 0 amide bonds. The zero-order chi connectivity index (χ0) is 13.1. The highest BCUT2D eigenvalue weighted by atomic mass is 16.4. The van der Waals surface area contributed by atoms with Crippen LogP contribution in [0.25, 0.3) is 11.5 Å². The molecule has 5 heteroatoms. The second-order valence-corrected chi connectivity index (χ2v) is 4.14. The summed E-state index contributed by atoms with van der Waals surface area (Å²) in [6, 6.07) is 12.0. The number of benzene rings is 1. The van der Waals surface area contributed by atoms with E-state index in [9.17, 15) is 0 Å². The summed E-state index contributed by atoms with van der Waals surface area (Å²) in [6.45, 7) is 2.03. The maximum Gasteiger partial charge on any atom is 0.320 e. The number of pyridine rings is 1. The van der Waals surface area contributed by atoms with Crippen LogP contribution < -0.4 is 5.32 Å². The van der Waals surface area contributed by atoms with Gasteiger partial charge in [0.25, 0.3) is 0 Å². The van der Waals surface area contributed by atoms with E-state index in [-0.39, 0.29) is 0 Å². The maximum absolute atomic E-state index is 5.55. The van der Waals surface area contributed by atoms with E-state index < -0.39 is 0 Å². The lowest BCUT2D eigenvalue weighted by Gasteiger charge is -2.01. The van der Waals surface area contributed by atoms with Crippen molar-refractivity contribution >= 4 is 11.7 Å². The first-order chi connectivity index (χ1) is 9.31. The number of aryl methyl sites for hydroxylation is 1. The van der Waals surface area contributed by atoms with E-state index in [1.54, 1.807) is 12.4 Å². The Hall–Kier alpha value is -2.69. The van der Waals surface area contributed by atoms with Gasteiger partial charge in [-0.05, 0) is 36.8 Å². The predicted octanol–water partition coefficient (Wildman–Crippen LogP) is 3.18. The standard InChI is InChI=1S/C14H12N4O/c1-10-3-2-4-12(9-10)16-14-18-17-13(19-14)11-5-7-15-8-6-11/h2-9H,1H3,(H,16,18). The molecule has 1 N–H and O–H groups in total. The van der Waals surface area contributed by atoms with Gasteiger partial charge in [-0.2, -0.15) is 0 Å². The molecule has 0 radical (unpaired) electrons. The zero-order valence-corrected chi connectivity index (χ0v) is 10.4. The molecule has 0 aliphatic rings. The molecule has 0 saturated carbocycles. The average Bonchev–Trinajstić information content (AvgIpc) is 2.88. The normalized spacial score (nSPS) is 10.4. The molecule has 0 spiro atoms. The Kier molecular flexibility index (Phi) is 2.94. The molecule has 0 atom stereocenters. The van der Waals surface area contributed by atoms with E-state index in [4.69, 9.17) is 4.42 Å². The van der Waals surface area contributed by atoms with Gasteiger partial charge in [-0.3, -0.25) is 4.98 Å². The molecule has 94 valence electrons. The van der Waals surface area contributed by atoms with Crippen molar-refractivity contribution in [1.82, 2.24) is 15.2 Å². The molecule has 2 aromatic heterocycles. The highest BCUT2D eigenvalue weighted by Crippen LogP contribution is 2.21. The monoisotopic (exact) mass is 252 g/mol. The van der Waals surface area contributed by atoms with Crippen molar-refractivity contribution in [3.05, 3.63) is 54.4 Å². The van der Waals surface area contributed by atoms with Crippen molar-refractivity contribution in [2.45, 2.75) is 6.92 Å². The van der Waals surface area contributed by atoms with Crippen molar-refractivity contribution in [3.63, 3.8) is 0 Å². The molecule has 3 rings (SSSR count). The molecule has 0 unspecified atom stereocenters. The SMILES string of the molecule is Cc1cccc(Nc2nnc(-c3ccncc3)o2)c1. The van der Waals surface area contributed by atoms with Gasteiger partial charge in [-0.1, -0.05) is 17.2 Å². The van der Waals surface area contributed by atoms with Gasteiger partial charge in [-0.15, -0.1) is 5.10 Å². The summed E-state index contributed by atoms with van der Waals surface area (Å²) in [5, 5.41) is 11.0. The van der Waals surface area contributed by atoms with E-state index in [0.29, 0.717) is 11.9 Å². The molecular weight excluding hydrogens is 240 g/mol. The number of nitrogens with one attached hydrogen (secondary N) is 1. The summed E-state index contributed by atoms with van der Waals surface area (Å²) in [5.41, 5.74) is 2.93. The first kappa shape index (κ1) is 11.4. The molecule has 19 heavy (non-hydrogen) atoms. The van der Waals surface area contributed by atoms with E-state index >= 15 is 0 Å². The smallest absolute Gasteiger partial charge is 0.320 e. The Morgan fingerprint density at radius 3 is 2.68 bits per heavy atom. The summed E-state index contributed by atoms with van der Waals surface area (Å²) in [4.78, 5) is 3.95. The van der Waals surface area contributed by atoms with E-state index in [0.717, 1.165) is 11.3 Å². The second-order valence-electron chi connectivity index (χ2n) is 4.14. The Labute approximate surface area is 110 Å². The quantitative estimate of drug-likeness (QED) is 0.775.